The van der Waals surface area contributed by atoms with Gasteiger partial charge < -0.3 is 9.84 Å². The predicted molar refractivity (Wildman–Crippen MR) is 58.8 cm³/mol. The molecule has 90 valence electrons. The van der Waals surface area contributed by atoms with Crippen LogP contribution in [0.25, 0.3) is 0 Å². The molecule has 4 heteroatoms. The van der Waals surface area contributed by atoms with Crippen LogP contribution < -0.4 is 0 Å². The molecule has 1 aliphatic carbocycles. The minimum atomic E-state index is -0.821. The van der Waals surface area contributed by atoms with Crippen LogP contribution in [0.1, 0.15) is 26.2 Å². The number of esters is 1. The topological polar surface area (TPSA) is 63.6 Å². The minimum absolute atomic E-state index is 0.158. The van der Waals surface area contributed by atoms with E-state index in [2.05, 4.69) is 6.58 Å². The third-order valence-corrected chi connectivity index (χ3v) is 3.17. The Morgan fingerprint density at radius 1 is 1.44 bits per heavy atom. The smallest absolute Gasteiger partial charge is 0.309 e. The van der Waals surface area contributed by atoms with E-state index in [9.17, 15) is 9.59 Å². The second-order valence-electron chi connectivity index (χ2n) is 4.07. The largest absolute Gasteiger partial charge is 0.481 e. The van der Waals surface area contributed by atoms with Crippen molar-refractivity contribution in [2.45, 2.75) is 26.2 Å². The van der Waals surface area contributed by atoms with Gasteiger partial charge in [-0.3, -0.25) is 9.59 Å². The van der Waals surface area contributed by atoms with Gasteiger partial charge in [0.2, 0.25) is 0 Å². The average Bonchev–Trinajstić information content (AvgIpc) is 2.62. The SMILES string of the molecule is C=CC[C@H]1[C@@H](C(=O)O)CC[C@@H]1C(=O)OCC. The summed E-state index contributed by atoms with van der Waals surface area (Å²) in [6.07, 6.45) is 3.39. The highest BCUT2D eigenvalue weighted by Gasteiger charge is 2.43. The molecule has 4 nitrogen and oxygen atoms in total. The van der Waals surface area contributed by atoms with Gasteiger partial charge in [-0.2, -0.15) is 0 Å². The molecule has 0 spiro atoms. The quantitative estimate of drug-likeness (QED) is 0.574. The molecular weight excluding hydrogens is 208 g/mol. The highest BCUT2D eigenvalue weighted by atomic mass is 16.5. The Balaban J connectivity index is 2.74. The zero-order chi connectivity index (χ0) is 12.1. The van der Waals surface area contributed by atoms with Crippen LogP contribution in [0.2, 0.25) is 0 Å². The maximum absolute atomic E-state index is 11.6. The zero-order valence-corrected chi connectivity index (χ0v) is 9.52. The molecule has 1 N–H and O–H groups in total. The molecule has 0 radical (unpaired) electrons. The Bertz CT molecular complexity index is 285. The maximum atomic E-state index is 11.6. The van der Waals surface area contributed by atoms with E-state index in [1.807, 2.05) is 0 Å². The second kappa shape index (κ2) is 5.68. The molecule has 0 aromatic carbocycles. The average molecular weight is 226 g/mol. The summed E-state index contributed by atoms with van der Waals surface area (Å²) < 4.78 is 4.96. The lowest BCUT2D eigenvalue weighted by Gasteiger charge is -2.19. The van der Waals surface area contributed by atoms with Crippen molar-refractivity contribution in [1.29, 1.82) is 0 Å². The van der Waals surface area contributed by atoms with Gasteiger partial charge in [-0.15, -0.1) is 6.58 Å². The first-order chi connectivity index (χ1) is 7.61. The summed E-state index contributed by atoms with van der Waals surface area (Å²) in [5, 5.41) is 9.05. The first-order valence-electron chi connectivity index (χ1n) is 5.62. The molecule has 1 aliphatic rings. The normalized spacial score (nSPS) is 28.7. The molecule has 1 rings (SSSR count). The van der Waals surface area contributed by atoms with Crippen LogP contribution in [-0.2, 0) is 14.3 Å². The van der Waals surface area contributed by atoms with Gasteiger partial charge in [0.05, 0.1) is 18.4 Å². The number of carboxylic acids is 1. The van der Waals surface area contributed by atoms with Crippen LogP contribution in [0.5, 0.6) is 0 Å². The standard InChI is InChI=1S/C12H18O4/c1-3-5-8-9(11(13)14)6-7-10(8)12(15)16-4-2/h3,8-10H,1,4-7H2,2H3,(H,13,14)/t8-,9-,10-/m0/s1. The number of carbonyl (C=O) groups excluding carboxylic acids is 1. The van der Waals surface area contributed by atoms with Crippen LogP contribution in [0.15, 0.2) is 12.7 Å². The third-order valence-electron chi connectivity index (χ3n) is 3.17. The van der Waals surface area contributed by atoms with Crippen molar-refractivity contribution in [3.05, 3.63) is 12.7 Å². The van der Waals surface area contributed by atoms with Crippen molar-refractivity contribution < 1.29 is 19.4 Å². The number of carbonyl (C=O) groups is 2. The van der Waals surface area contributed by atoms with Crippen molar-refractivity contribution in [2.75, 3.05) is 6.61 Å². The highest BCUT2D eigenvalue weighted by molar-refractivity contribution is 5.77. The van der Waals surface area contributed by atoms with E-state index in [1.54, 1.807) is 13.0 Å². The van der Waals surface area contributed by atoms with E-state index in [1.165, 1.54) is 0 Å². The lowest BCUT2D eigenvalue weighted by atomic mass is 9.86. The molecule has 0 aliphatic heterocycles. The van der Waals surface area contributed by atoms with E-state index in [-0.39, 0.29) is 17.8 Å². The zero-order valence-electron chi connectivity index (χ0n) is 9.52. The van der Waals surface area contributed by atoms with Crippen molar-refractivity contribution in [2.24, 2.45) is 17.8 Å². The summed E-state index contributed by atoms with van der Waals surface area (Å²) >= 11 is 0. The third kappa shape index (κ3) is 2.62. The van der Waals surface area contributed by atoms with Crippen LogP contribution in [-0.4, -0.2) is 23.7 Å². The van der Waals surface area contributed by atoms with Crippen LogP contribution in [0.3, 0.4) is 0 Å². The minimum Gasteiger partial charge on any atom is -0.481 e. The van der Waals surface area contributed by atoms with Gasteiger partial charge in [0.25, 0.3) is 0 Å². The lowest BCUT2D eigenvalue weighted by molar-refractivity contribution is -0.150. The van der Waals surface area contributed by atoms with Crippen LogP contribution in [0, 0.1) is 17.8 Å². The summed E-state index contributed by atoms with van der Waals surface area (Å²) in [4.78, 5) is 22.7. The first kappa shape index (κ1) is 12.7. The van der Waals surface area contributed by atoms with E-state index < -0.39 is 11.9 Å². The molecule has 0 aromatic rings. The van der Waals surface area contributed by atoms with Gasteiger partial charge >= 0.3 is 11.9 Å². The van der Waals surface area contributed by atoms with Crippen LogP contribution in [0.4, 0.5) is 0 Å². The monoisotopic (exact) mass is 226 g/mol. The Hall–Kier alpha value is -1.32. The van der Waals surface area contributed by atoms with E-state index >= 15 is 0 Å². The van der Waals surface area contributed by atoms with Gasteiger partial charge in [0.15, 0.2) is 0 Å². The number of allylic oxidation sites excluding steroid dienone is 1. The van der Waals surface area contributed by atoms with Gasteiger partial charge in [0.1, 0.15) is 0 Å². The molecule has 16 heavy (non-hydrogen) atoms. The van der Waals surface area contributed by atoms with Gasteiger partial charge in [-0.1, -0.05) is 6.08 Å². The number of hydrogen-bond donors (Lipinski definition) is 1. The summed E-state index contributed by atoms with van der Waals surface area (Å²) in [5.41, 5.74) is 0. The predicted octanol–water partition coefficient (Wildman–Crippen LogP) is 1.85. The molecular formula is C12H18O4. The van der Waals surface area contributed by atoms with Crippen LogP contribution >= 0.6 is 0 Å². The molecule has 0 heterocycles. The van der Waals surface area contributed by atoms with E-state index in [4.69, 9.17) is 9.84 Å². The number of hydrogen-bond acceptors (Lipinski definition) is 3. The van der Waals surface area contributed by atoms with Crippen molar-refractivity contribution >= 4 is 11.9 Å². The molecule has 0 bridgehead atoms. The Kier molecular flexibility index (Phi) is 4.52. The number of rotatable bonds is 5. The molecule has 1 fully saturated rings. The highest BCUT2D eigenvalue weighted by Crippen LogP contribution is 2.40. The Morgan fingerprint density at radius 2 is 2.06 bits per heavy atom. The summed E-state index contributed by atoms with van der Waals surface area (Å²) in [7, 11) is 0. The maximum Gasteiger partial charge on any atom is 0.309 e. The Morgan fingerprint density at radius 3 is 2.56 bits per heavy atom. The molecule has 3 atom stereocenters. The van der Waals surface area contributed by atoms with Gasteiger partial charge in [-0.05, 0) is 32.1 Å². The molecule has 0 aromatic heterocycles. The van der Waals surface area contributed by atoms with Crippen molar-refractivity contribution in [3.63, 3.8) is 0 Å². The van der Waals surface area contributed by atoms with Crippen molar-refractivity contribution in [3.8, 4) is 0 Å². The lowest BCUT2D eigenvalue weighted by Crippen LogP contribution is -2.27. The fraction of sp³-hybridized carbons (Fsp3) is 0.667. The second-order valence-corrected chi connectivity index (χ2v) is 4.07. The Labute approximate surface area is 95.3 Å². The van der Waals surface area contributed by atoms with Gasteiger partial charge in [-0.25, -0.2) is 0 Å². The fourth-order valence-corrected chi connectivity index (χ4v) is 2.44. The first-order valence-corrected chi connectivity index (χ1v) is 5.62. The van der Waals surface area contributed by atoms with Gasteiger partial charge in [0, 0.05) is 0 Å². The molecule has 0 unspecified atom stereocenters. The van der Waals surface area contributed by atoms with Crippen molar-refractivity contribution in [1.82, 2.24) is 0 Å². The number of ether oxygens (including phenoxy) is 1. The number of aliphatic carboxylic acids is 1. The van der Waals surface area contributed by atoms with E-state index in [0.29, 0.717) is 25.9 Å². The fourth-order valence-electron chi connectivity index (χ4n) is 2.44. The summed E-state index contributed by atoms with van der Waals surface area (Å²) in [6.45, 7) is 5.71. The molecule has 0 amide bonds. The molecule has 0 saturated heterocycles. The molecule has 1 saturated carbocycles. The summed E-state index contributed by atoms with van der Waals surface area (Å²) in [5.74, 6) is -1.96. The van der Waals surface area contributed by atoms with E-state index in [0.717, 1.165) is 0 Å². The number of carboxylic acid groups (broad SMARTS) is 1. The summed E-state index contributed by atoms with van der Waals surface area (Å²) in [6, 6.07) is 0.